The predicted octanol–water partition coefficient (Wildman–Crippen LogP) is 2.36. The smallest absolute Gasteiger partial charge is 0.226 e. The summed E-state index contributed by atoms with van der Waals surface area (Å²) in [4.78, 5) is 17.4. The van der Waals surface area contributed by atoms with Crippen LogP contribution in [0, 0.1) is 11.8 Å². The van der Waals surface area contributed by atoms with E-state index < -0.39 is 0 Å². The Balaban J connectivity index is 1.48. The van der Waals surface area contributed by atoms with Crippen molar-refractivity contribution in [3.63, 3.8) is 0 Å². The Kier molecular flexibility index (Phi) is 6.27. The van der Waals surface area contributed by atoms with Crippen molar-refractivity contribution in [2.75, 3.05) is 39.3 Å². The number of carbonyl (C=O) groups is 1. The van der Waals surface area contributed by atoms with E-state index in [1.54, 1.807) is 0 Å². The van der Waals surface area contributed by atoms with Gasteiger partial charge in [-0.15, -0.1) is 0 Å². The van der Waals surface area contributed by atoms with E-state index in [9.17, 15) is 4.79 Å². The van der Waals surface area contributed by atoms with Gasteiger partial charge in [0.05, 0.1) is 5.92 Å². The van der Waals surface area contributed by atoms with Crippen LogP contribution in [0.3, 0.4) is 0 Å². The van der Waals surface area contributed by atoms with Crippen LogP contribution in [0.1, 0.15) is 31.7 Å². The van der Waals surface area contributed by atoms with Crippen molar-refractivity contribution >= 4 is 5.91 Å². The van der Waals surface area contributed by atoms with Gasteiger partial charge in [0.15, 0.2) is 0 Å². The second-order valence-electron chi connectivity index (χ2n) is 7.30. The zero-order valence-electron chi connectivity index (χ0n) is 14.9. The molecule has 0 bridgehead atoms. The molecule has 1 amide bonds. The van der Waals surface area contributed by atoms with E-state index in [2.05, 4.69) is 52.4 Å². The first kappa shape index (κ1) is 17.4. The Morgan fingerprint density at radius 2 is 2.12 bits per heavy atom. The van der Waals surface area contributed by atoms with Crippen LogP contribution in [0.2, 0.25) is 0 Å². The zero-order chi connectivity index (χ0) is 16.8. The fraction of sp³-hybridized carbons (Fsp3) is 0.650. The topological polar surface area (TPSA) is 35.6 Å². The lowest BCUT2D eigenvalue weighted by Gasteiger charge is -2.30. The van der Waals surface area contributed by atoms with E-state index in [0.29, 0.717) is 11.8 Å². The van der Waals surface area contributed by atoms with Crippen molar-refractivity contribution in [3.05, 3.63) is 35.9 Å². The molecule has 132 valence electrons. The van der Waals surface area contributed by atoms with Crippen LogP contribution in [-0.4, -0.2) is 55.0 Å². The lowest BCUT2D eigenvalue weighted by Crippen LogP contribution is -2.44. The average molecular weight is 329 g/mol. The van der Waals surface area contributed by atoms with Crippen molar-refractivity contribution < 1.29 is 4.79 Å². The second-order valence-corrected chi connectivity index (χ2v) is 7.30. The summed E-state index contributed by atoms with van der Waals surface area (Å²) in [5.41, 5.74) is 1.38. The molecule has 4 nitrogen and oxygen atoms in total. The van der Waals surface area contributed by atoms with Crippen molar-refractivity contribution in [1.82, 2.24) is 15.1 Å². The van der Waals surface area contributed by atoms with E-state index in [-0.39, 0.29) is 5.92 Å². The Bertz CT molecular complexity index is 513. The number of hydrogen-bond donors (Lipinski definition) is 1. The highest BCUT2D eigenvalue weighted by Gasteiger charge is 2.29. The average Bonchev–Trinajstić information content (AvgIpc) is 3.07. The second kappa shape index (κ2) is 8.63. The minimum atomic E-state index is 0.195. The molecule has 1 N–H and O–H groups in total. The molecule has 2 atom stereocenters. The van der Waals surface area contributed by atoms with Gasteiger partial charge in [0.2, 0.25) is 5.91 Å². The van der Waals surface area contributed by atoms with E-state index in [1.807, 2.05) is 0 Å². The summed E-state index contributed by atoms with van der Waals surface area (Å²) in [6.45, 7) is 9.10. The number of amides is 1. The number of piperidine rings is 1. The highest BCUT2D eigenvalue weighted by molar-refractivity contribution is 5.79. The van der Waals surface area contributed by atoms with Gasteiger partial charge in [0.1, 0.15) is 0 Å². The Hall–Kier alpha value is -1.39. The summed E-state index contributed by atoms with van der Waals surface area (Å²) in [6, 6.07) is 10.7. The Labute approximate surface area is 146 Å². The third-order valence-corrected chi connectivity index (χ3v) is 5.44. The largest absolute Gasteiger partial charge is 0.342 e. The molecule has 0 saturated carbocycles. The number of rotatable bonds is 6. The molecule has 1 aromatic rings. The normalized spacial score (nSPS) is 24.9. The van der Waals surface area contributed by atoms with Gasteiger partial charge in [-0.25, -0.2) is 0 Å². The molecule has 0 spiro atoms. The van der Waals surface area contributed by atoms with Crippen LogP contribution < -0.4 is 5.32 Å². The fourth-order valence-corrected chi connectivity index (χ4v) is 4.05. The minimum absolute atomic E-state index is 0.195. The van der Waals surface area contributed by atoms with Crippen LogP contribution in [-0.2, 0) is 11.3 Å². The molecule has 2 unspecified atom stereocenters. The van der Waals surface area contributed by atoms with Gasteiger partial charge in [-0.2, -0.15) is 0 Å². The zero-order valence-corrected chi connectivity index (χ0v) is 14.9. The molecular formula is C20H31N3O. The third kappa shape index (κ3) is 4.58. The summed E-state index contributed by atoms with van der Waals surface area (Å²) in [7, 11) is 0. The molecular weight excluding hydrogens is 298 g/mol. The maximum Gasteiger partial charge on any atom is 0.226 e. The highest BCUT2D eigenvalue weighted by atomic mass is 16.2. The van der Waals surface area contributed by atoms with Crippen LogP contribution in [0.5, 0.6) is 0 Å². The van der Waals surface area contributed by atoms with Gasteiger partial charge in [0, 0.05) is 32.7 Å². The molecule has 24 heavy (non-hydrogen) atoms. The highest BCUT2D eigenvalue weighted by Crippen LogP contribution is 2.21. The first-order valence-corrected chi connectivity index (χ1v) is 9.52. The van der Waals surface area contributed by atoms with Crippen LogP contribution in [0.4, 0.5) is 0 Å². The molecule has 1 aromatic carbocycles. The van der Waals surface area contributed by atoms with Crippen LogP contribution >= 0.6 is 0 Å². The summed E-state index contributed by atoms with van der Waals surface area (Å²) >= 11 is 0. The predicted molar refractivity (Wildman–Crippen MR) is 97.7 cm³/mol. The molecule has 2 fully saturated rings. The number of carbonyl (C=O) groups excluding carboxylic acids is 1. The van der Waals surface area contributed by atoms with Crippen molar-refractivity contribution in [3.8, 4) is 0 Å². The number of likely N-dealkylation sites (tertiary alicyclic amines) is 1. The first-order chi connectivity index (χ1) is 11.8. The van der Waals surface area contributed by atoms with Gasteiger partial charge in [0.25, 0.3) is 0 Å². The monoisotopic (exact) mass is 329 g/mol. The third-order valence-electron chi connectivity index (χ3n) is 5.44. The van der Waals surface area contributed by atoms with Crippen molar-refractivity contribution in [2.24, 2.45) is 11.8 Å². The molecule has 2 saturated heterocycles. The number of hydrogen-bond acceptors (Lipinski definition) is 3. The fourth-order valence-electron chi connectivity index (χ4n) is 4.05. The molecule has 3 rings (SSSR count). The Morgan fingerprint density at radius 3 is 2.83 bits per heavy atom. The van der Waals surface area contributed by atoms with E-state index in [1.165, 1.54) is 12.0 Å². The number of nitrogens with one attached hydrogen (secondary N) is 1. The summed E-state index contributed by atoms with van der Waals surface area (Å²) < 4.78 is 0. The lowest BCUT2D eigenvalue weighted by atomic mass is 9.97. The SMILES string of the molecule is CCN(CC1CCN(Cc2ccccc2)C1)C(=O)C1CCCNC1. The number of nitrogens with zero attached hydrogens (tertiary/aromatic N) is 2. The van der Waals surface area contributed by atoms with Gasteiger partial charge in [-0.05, 0) is 50.8 Å². The molecule has 0 aromatic heterocycles. The van der Waals surface area contributed by atoms with Gasteiger partial charge >= 0.3 is 0 Å². The standard InChI is InChI=1S/C20H31N3O/c1-2-23(20(24)19-9-6-11-21-13-19)16-18-10-12-22(15-18)14-17-7-4-3-5-8-17/h3-5,7-8,18-19,21H,2,6,9-16H2,1H3. The molecule has 2 aliphatic heterocycles. The van der Waals surface area contributed by atoms with E-state index in [4.69, 9.17) is 0 Å². The maximum absolute atomic E-state index is 12.8. The van der Waals surface area contributed by atoms with Crippen molar-refractivity contribution in [2.45, 2.75) is 32.7 Å². The van der Waals surface area contributed by atoms with Crippen LogP contribution in [0.25, 0.3) is 0 Å². The molecule has 0 aliphatic carbocycles. The molecule has 4 heteroatoms. The molecule has 2 heterocycles. The van der Waals surface area contributed by atoms with Gasteiger partial charge in [-0.3, -0.25) is 9.69 Å². The molecule has 2 aliphatic rings. The Morgan fingerprint density at radius 1 is 1.29 bits per heavy atom. The molecule has 0 radical (unpaired) electrons. The van der Waals surface area contributed by atoms with Gasteiger partial charge in [-0.1, -0.05) is 30.3 Å². The van der Waals surface area contributed by atoms with E-state index >= 15 is 0 Å². The summed E-state index contributed by atoms with van der Waals surface area (Å²) in [5.74, 6) is 1.18. The van der Waals surface area contributed by atoms with E-state index in [0.717, 1.165) is 58.7 Å². The van der Waals surface area contributed by atoms with Gasteiger partial charge < -0.3 is 10.2 Å². The number of benzene rings is 1. The minimum Gasteiger partial charge on any atom is -0.342 e. The first-order valence-electron chi connectivity index (χ1n) is 9.52. The maximum atomic E-state index is 12.8. The lowest BCUT2D eigenvalue weighted by molar-refractivity contribution is -0.136. The quantitative estimate of drug-likeness (QED) is 0.870. The summed E-state index contributed by atoms with van der Waals surface area (Å²) in [5, 5.41) is 3.37. The van der Waals surface area contributed by atoms with Crippen molar-refractivity contribution in [1.29, 1.82) is 0 Å². The summed E-state index contributed by atoms with van der Waals surface area (Å²) in [6.07, 6.45) is 3.38. The van der Waals surface area contributed by atoms with Crippen LogP contribution in [0.15, 0.2) is 30.3 Å².